The Kier molecular flexibility index (Phi) is 5.98. The largest absolute Gasteiger partial charge is 0.378 e. The van der Waals surface area contributed by atoms with Crippen LogP contribution in [0.1, 0.15) is 62.8 Å². The van der Waals surface area contributed by atoms with Crippen molar-refractivity contribution >= 4 is 5.82 Å². The van der Waals surface area contributed by atoms with Crippen LogP contribution in [0.4, 0.5) is 5.82 Å². The lowest BCUT2D eigenvalue weighted by molar-refractivity contribution is -0.917. The molecule has 2 aromatic rings. The Balaban J connectivity index is 1.59. The number of nitrogens with two attached hydrogens (primary N) is 1. The summed E-state index contributed by atoms with van der Waals surface area (Å²) in [6.07, 6.45) is 10.6. The van der Waals surface area contributed by atoms with Gasteiger partial charge in [0.25, 0.3) is 0 Å². The molecule has 0 spiro atoms. The Morgan fingerprint density at radius 1 is 0.815 bits per heavy atom. The maximum Gasteiger partial charge on any atom is 0.243 e. The molecule has 0 unspecified atom stereocenters. The topological polar surface area (TPSA) is 105 Å². The van der Waals surface area contributed by atoms with Gasteiger partial charge in [0.15, 0.2) is 0 Å². The van der Waals surface area contributed by atoms with Crippen molar-refractivity contribution < 1.29 is 14.4 Å². The zero-order valence-electron chi connectivity index (χ0n) is 16.1. The Hall–Kier alpha value is -2.00. The van der Waals surface area contributed by atoms with Gasteiger partial charge in [-0.3, -0.25) is 0 Å². The fourth-order valence-corrected chi connectivity index (χ4v) is 4.44. The highest BCUT2D eigenvalue weighted by molar-refractivity contribution is 5.44. The number of rotatable bonds is 5. The highest BCUT2D eigenvalue weighted by Crippen LogP contribution is 2.15. The van der Waals surface area contributed by atoms with Gasteiger partial charge in [0, 0.05) is 0 Å². The van der Waals surface area contributed by atoms with Crippen molar-refractivity contribution in [3.05, 3.63) is 11.4 Å². The lowest BCUT2D eigenvalue weighted by Gasteiger charge is -2.19. The molecule has 4 N–H and O–H groups in total. The van der Waals surface area contributed by atoms with Crippen molar-refractivity contribution in [2.75, 3.05) is 31.9 Å². The number of hydrogen-bond donors (Lipinski definition) is 3. The second kappa shape index (κ2) is 8.79. The predicted molar refractivity (Wildman–Crippen MR) is 99.4 cm³/mol. The van der Waals surface area contributed by atoms with Gasteiger partial charge in [-0.05, 0) is 61.7 Å². The smallest absolute Gasteiger partial charge is 0.243 e. The molecule has 2 aliphatic rings. The fraction of sp³-hybridized carbons (Fsp3) is 0.778. The summed E-state index contributed by atoms with van der Waals surface area (Å²) in [4.78, 5) is 3.20. The van der Waals surface area contributed by atoms with Crippen LogP contribution in [0.25, 0.3) is 5.82 Å². The quantitative estimate of drug-likeness (QED) is 0.628. The molecule has 0 aliphatic carbocycles. The molecule has 0 amide bonds. The van der Waals surface area contributed by atoms with E-state index in [-0.39, 0.29) is 5.82 Å². The predicted octanol–water partition coefficient (Wildman–Crippen LogP) is -0.850. The van der Waals surface area contributed by atoms with E-state index in [2.05, 4.69) is 20.6 Å². The van der Waals surface area contributed by atoms with Gasteiger partial charge >= 0.3 is 0 Å². The minimum Gasteiger partial charge on any atom is -0.378 e. The van der Waals surface area contributed by atoms with Crippen LogP contribution < -0.4 is 15.5 Å². The molecule has 9 nitrogen and oxygen atoms in total. The molecule has 2 saturated heterocycles. The third-order valence-electron chi connectivity index (χ3n) is 6.00. The fourth-order valence-electron chi connectivity index (χ4n) is 4.44. The van der Waals surface area contributed by atoms with Crippen LogP contribution in [0, 0.1) is 0 Å². The zero-order chi connectivity index (χ0) is 18.5. The zero-order valence-corrected chi connectivity index (χ0v) is 16.1. The first-order valence-electron chi connectivity index (χ1n) is 10.5. The highest BCUT2D eigenvalue weighted by atomic mass is 16.6. The third kappa shape index (κ3) is 4.47. The number of quaternary nitrogens is 2. The molecular formula is C18H32N8O+2. The van der Waals surface area contributed by atoms with Gasteiger partial charge in [-0.15, -0.1) is 5.10 Å². The van der Waals surface area contributed by atoms with E-state index < -0.39 is 0 Å². The van der Waals surface area contributed by atoms with E-state index >= 15 is 0 Å². The number of likely N-dealkylation sites (tertiary alicyclic amines) is 2. The Morgan fingerprint density at radius 2 is 1.41 bits per heavy atom. The average Bonchev–Trinajstić information content (AvgIpc) is 3.03. The van der Waals surface area contributed by atoms with Crippen LogP contribution in [0.15, 0.2) is 4.63 Å². The third-order valence-corrected chi connectivity index (χ3v) is 6.00. The van der Waals surface area contributed by atoms with Crippen LogP contribution in [-0.4, -0.2) is 51.5 Å². The summed E-state index contributed by atoms with van der Waals surface area (Å²) in [5.74, 6) is 0.726. The molecule has 0 saturated carbocycles. The average molecular weight is 377 g/mol. The minimum absolute atomic E-state index is 0.265. The molecule has 4 heterocycles. The Bertz CT molecular complexity index is 711. The van der Waals surface area contributed by atoms with E-state index in [1.165, 1.54) is 77.5 Å². The van der Waals surface area contributed by atoms with E-state index in [1.54, 1.807) is 14.5 Å². The molecule has 27 heavy (non-hydrogen) atoms. The van der Waals surface area contributed by atoms with Gasteiger partial charge in [-0.2, -0.15) is 4.68 Å². The van der Waals surface area contributed by atoms with Crippen LogP contribution in [0.2, 0.25) is 0 Å². The number of nitrogen functional groups attached to an aromatic ring is 1. The molecule has 0 atom stereocenters. The van der Waals surface area contributed by atoms with E-state index in [9.17, 15) is 0 Å². The number of nitrogens with zero attached hydrogens (tertiary/aromatic N) is 5. The molecule has 9 heteroatoms. The summed E-state index contributed by atoms with van der Waals surface area (Å²) in [6.45, 7) is 6.67. The maximum absolute atomic E-state index is 5.95. The van der Waals surface area contributed by atoms with Crippen molar-refractivity contribution in [1.29, 1.82) is 0 Å². The highest BCUT2D eigenvalue weighted by Gasteiger charge is 2.26. The van der Waals surface area contributed by atoms with Gasteiger partial charge in [-0.1, -0.05) is 5.21 Å². The van der Waals surface area contributed by atoms with Crippen molar-refractivity contribution in [2.45, 2.75) is 64.5 Å². The lowest BCUT2D eigenvalue weighted by atomic mass is 10.2. The lowest BCUT2D eigenvalue weighted by Crippen LogP contribution is -3.11. The maximum atomic E-state index is 5.95. The van der Waals surface area contributed by atoms with E-state index in [1.807, 2.05) is 0 Å². The van der Waals surface area contributed by atoms with Crippen LogP contribution in [0.3, 0.4) is 0 Å². The van der Waals surface area contributed by atoms with Crippen molar-refractivity contribution in [3.8, 4) is 5.82 Å². The van der Waals surface area contributed by atoms with Crippen molar-refractivity contribution in [1.82, 2.24) is 25.3 Å². The summed E-state index contributed by atoms with van der Waals surface area (Å²) < 4.78 is 6.58. The van der Waals surface area contributed by atoms with Crippen molar-refractivity contribution in [3.63, 3.8) is 0 Å². The molecule has 4 rings (SSSR count). The summed E-state index contributed by atoms with van der Waals surface area (Å²) in [5.41, 5.74) is 8.14. The first kappa shape index (κ1) is 18.4. The summed E-state index contributed by atoms with van der Waals surface area (Å²) in [6, 6.07) is 0. The van der Waals surface area contributed by atoms with Crippen LogP contribution in [-0.2, 0) is 13.1 Å². The monoisotopic (exact) mass is 376 g/mol. The molecule has 2 fully saturated rings. The second-order valence-corrected chi connectivity index (χ2v) is 8.05. The van der Waals surface area contributed by atoms with Gasteiger partial charge in [0.2, 0.25) is 11.6 Å². The molecular weight excluding hydrogens is 344 g/mol. The van der Waals surface area contributed by atoms with E-state index in [0.29, 0.717) is 5.82 Å². The molecule has 0 bridgehead atoms. The van der Waals surface area contributed by atoms with Gasteiger partial charge in [-0.25, -0.2) is 4.63 Å². The minimum atomic E-state index is 0.265. The standard InChI is InChI=1S/C18H30N8O/c19-17-18(22-27-21-17)26-16(14-25-11-7-3-4-8-12-25)15(20-23-26)13-24-9-5-1-2-6-10-24/h1-14H2,(H2,19,21)/p+2. The number of nitrogens with one attached hydrogen (secondary N) is 2. The van der Waals surface area contributed by atoms with Crippen LogP contribution >= 0.6 is 0 Å². The molecule has 0 radical (unpaired) electrons. The van der Waals surface area contributed by atoms with Gasteiger partial charge in [0.1, 0.15) is 24.5 Å². The first-order valence-corrected chi connectivity index (χ1v) is 10.5. The number of hydrogen-bond acceptors (Lipinski definition) is 6. The Morgan fingerprint density at radius 3 is 1.96 bits per heavy atom. The van der Waals surface area contributed by atoms with E-state index in [0.717, 1.165) is 24.5 Å². The molecule has 148 valence electrons. The summed E-state index contributed by atoms with van der Waals surface area (Å²) in [5, 5.41) is 16.6. The molecule has 2 aliphatic heterocycles. The number of aromatic nitrogens is 5. The van der Waals surface area contributed by atoms with Gasteiger partial charge < -0.3 is 15.5 Å². The van der Waals surface area contributed by atoms with E-state index in [4.69, 9.17) is 10.4 Å². The molecule has 2 aromatic heterocycles. The summed E-state index contributed by atoms with van der Waals surface area (Å²) >= 11 is 0. The first-order chi connectivity index (χ1) is 13.3. The Labute approximate surface area is 159 Å². The van der Waals surface area contributed by atoms with Crippen molar-refractivity contribution in [2.24, 2.45) is 0 Å². The van der Waals surface area contributed by atoms with Gasteiger partial charge in [0.05, 0.1) is 26.2 Å². The second-order valence-electron chi connectivity index (χ2n) is 8.05. The molecule has 0 aromatic carbocycles. The SMILES string of the molecule is Nc1nonc1-n1nnc(C[NH+]2CCCCCC2)c1C[NH+]1CCCCCC1. The number of anilines is 1. The summed E-state index contributed by atoms with van der Waals surface area (Å²) in [7, 11) is 0. The van der Waals surface area contributed by atoms with Crippen LogP contribution in [0.5, 0.6) is 0 Å². The normalized spacial score (nSPS) is 20.4.